The number of carbonyl (C=O) groups excluding carboxylic acids is 1. The third-order valence-corrected chi connectivity index (χ3v) is 7.63. The van der Waals surface area contributed by atoms with Crippen molar-refractivity contribution in [3.63, 3.8) is 0 Å². The first-order chi connectivity index (χ1) is 19.3. The summed E-state index contributed by atoms with van der Waals surface area (Å²) in [5.74, 6) is 0.243. The van der Waals surface area contributed by atoms with E-state index in [-0.39, 0.29) is 24.6 Å². The van der Waals surface area contributed by atoms with Crippen LogP contribution >= 0.6 is 23.8 Å². The third kappa shape index (κ3) is 5.15. The molecule has 4 aromatic rings. The molecule has 0 bridgehead atoms. The topological polar surface area (TPSA) is 80.7 Å². The molecule has 1 aliphatic rings. The van der Waals surface area contributed by atoms with Gasteiger partial charge in [-0.1, -0.05) is 29.8 Å². The van der Waals surface area contributed by atoms with E-state index in [0.29, 0.717) is 21.6 Å². The Balaban J connectivity index is 1.66. The SMILES string of the molecule is COCC(=O)Nc1cc(N2C(=S)N[C@@H](c3ccccn3)[C@H]2c2cc(C)n(-c3ccccc3Cl)c2C)ccc1OC. The minimum Gasteiger partial charge on any atom is -0.495 e. The summed E-state index contributed by atoms with van der Waals surface area (Å²) >= 11 is 12.6. The van der Waals surface area contributed by atoms with Crippen LogP contribution in [0.25, 0.3) is 5.69 Å². The first kappa shape index (κ1) is 27.6. The molecule has 40 heavy (non-hydrogen) atoms. The molecule has 0 saturated carbocycles. The molecule has 1 fully saturated rings. The van der Waals surface area contributed by atoms with Crippen LogP contribution in [-0.2, 0) is 9.53 Å². The second-order valence-electron chi connectivity index (χ2n) is 9.48. The molecule has 0 unspecified atom stereocenters. The fourth-order valence-corrected chi connectivity index (χ4v) is 5.87. The fourth-order valence-electron chi connectivity index (χ4n) is 5.30. The number of hydrogen-bond donors (Lipinski definition) is 2. The number of benzene rings is 2. The molecule has 1 saturated heterocycles. The van der Waals surface area contributed by atoms with Gasteiger partial charge in [-0.3, -0.25) is 9.78 Å². The molecular weight excluding hydrogens is 546 g/mol. The normalized spacial score (nSPS) is 16.6. The van der Waals surface area contributed by atoms with Crippen LogP contribution in [0.1, 0.15) is 34.7 Å². The van der Waals surface area contributed by atoms with Crippen LogP contribution < -0.4 is 20.3 Å². The summed E-state index contributed by atoms with van der Waals surface area (Å²) in [7, 11) is 3.04. The number of thiocarbonyl (C=S) groups is 1. The largest absolute Gasteiger partial charge is 0.495 e. The molecule has 1 amide bonds. The average Bonchev–Trinajstić information content (AvgIpc) is 3.44. The van der Waals surface area contributed by atoms with Crippen molar-refractivity contribution in [3.8, 4) is 11.4 Å². The van der Waals surface area contributed by atoms with Gasteiger partial charge in [-0.2, -0.15) is 0 Å². The van der Waals surface area contributed by atoms with Crippen molar-refractivity contribution in [2.45, 2.75) is 25.9 Å². The molecule has 3 heterocycles. The lowest BCUT2D eigenvalue weighted by Crippen LogP contribution is -2.29. The first-order valence-corrected chi connectivity index (χ1v) is 13.5. The Bertz CT molecular complexity index is 1560. The van der Waals surface area contributed by atoms with Crippen LogP contribution in [-0.4, -0.2) is 41.4 Å². The minimum atomic E-state index is -0.286. The second-order valence-corrected chi connectivity index (χ2v) is 10.3. The zero-order valence-corrected chi connectivity index (χ0v) is 24.2. The number of hydrogen-bond acceptors (Lipinski definition) is 5. The Kier molecular flexibility index (Phi) is 8.07. The molecule has 206 valence electrons. The lowest BCUT2D eigenvalue weighted by Gasteiger charge is -2.29. The van der Waals surface area contributed by atoms with Crippen molar-refractivity contribution in [1.82, 2.24) is 14.9 Å². The number of pyridine rings is 1. The quantitative estimate of drug-likeness (QED) is 0.253. The number of anilines is 2. The van der Waals surface area contributed by atoms with Crippen LogP contribution in [0, 0.1) is 13.8 Å². The summed E-state index contributed by atoms with van der Waals surface area (Å²) in [6, 6.07) is 21.0. The van der Waals surface area contributed by atoms with Gasteiger partial charge in [-0.15, -0.1) is 0 Å². The average molecular weight is 576 g/mol. The maximum Gasteiger partial charge on any atom is 0.250 e. The number of nitrogens with one attached hydrogen (secondary N) is 2. The Morgan fingerprint density at radius 2 is 1.88 bits per heavy atom. The number of aromatic nitrogens is 2. The van der Waals surface area contributed by atoms with E-state index >= 15 is 0 Å². The number of methoxy groups -OCH3 is 2. The maximum atomic E-state index is 12.4. The highest BCUT2D eigenvalue weighted by Crippen LogP contribution is 2.45. The van der Waals surface area contributed by atoms with Gasteiger partial charge in [0.15, 0.2) is 5.11 Å². The zero-order chi connectivity index (χ0) is 28.4. The number of para-hydroxylation sites is 1. The van der Waals surface area contributed by atoms with Gasteiger partial charge in [0.05, 0.1) is 41.3 Å². The molecule has 2 atom stereocenters. The summed E-state index contributed by atoms with van der Waals surface area (Å²) in [6.07, 6.45) is 1.78. The third-order valence-electron chi connectivity index (χ3n) is 6.99. The number of aryl methyl sites for hydroxylation is 1. The standard InChI is InChI=1S/C30H30ClN5O3S/c1-18-15-21(19(2)35(18)25-11-6-5-9-22(25)31)29-28(23-10-7-8-14-32-23)34-30(40)36(29)20-12-13-26(39-4)24(16-20)33-27(37)17-38-3/h5-16,28-29H,17H2,1-4H3,(H,33,37)(H,34,40)/t28-,29+/m0/s1. The van der Waals surface area contributed by atoms with Crippen molar-refractivity contribution in [1.29, 1.82) is 0 Å². The van der Waals surface area contributed by atoms with E-state index in [0.717, 1.165) is 34.0 Å². The fraction of sp³-hybridized carbons (Fsp3) is 0.233. The molecule has 2 N–H and O–H groups in total. The van der Waals surface area contributed by atoms with Crippen molar-refractivity contribution in [3.05, 3.63) is 101 Å². The highest BCUT2D eigenvalue weighted by molar-refractivity contribution is 7.80. The van der Waals surface area contributed by atoms with Gasteiger partial charge >= 0.3 is 0 Å². The zero-order valence-electron chi connectivity index (χ0n) is 22.6. The van der Waals surface area contributed by atoms with E-state index < -0.39 is 0 Å². The summed E-state index contributed by atoms with van der Waals surface area (Å²) in [6.45, 7) is 4.08. The molecule has 2 aromatic heterocycles. The van der Waals surface area contributed by atoms with Crippen LogP contribution in [0.15, 0.2) is 72.9 Å². The lowest BCUT2D eigenvalue weighted by molar-refractivity contribution is -0.119. The molecule has 10 heteroatoms. The molecule has 2 aromatic carbocycles. The van der Waals surface area contributed by atoms with Crippen LogP contribution in [0.3, 0.4) is 0 Å². The molecule has 5 rings (SSSR count). The number of rotatable bonds is 8. The Labute approximate surface area is 243 Å². The summed E-state index contributed by atoms with van der Waals surface area (Å²) in [5.41, 5.74) is 6.23. The van der Waals surface area contributed by atoms with Crippen molar-refractivity contribution < 1.29 is 14.3 Å². The second kappa shape index (κ2) is 11.7. The van der Waals surface area contributed by atoms with E-state index in [1.165, 1.54) is 7.11 Å². The van der Waals surface area contributed by atoms with E-state index in [1.54, 1.807) is 13.3 Å². The highest BCUT2D eigenvalue weighted by Gasteiger charge is 2.42. The Morgan fingerprint density at radius 1 is 1.10 bits per heavy atom. The van der Waals surface area contributed by atoms with E-state index in [1.807, 2.05) is 60.7 Å². The molecule has 1 aliphatic heterocycles. The number of carbonyl (C=O) groups is 1. The highest BCUT2D eigenvalue weighted by atomic mass is 35.5. The molecule has 0 aliphatic carbocycles. The van der Waals surface area contributed by atoms with Gasteiger partial charge in [0.2, 0.25) is 5.91 Å². The van der Waals surface area contributed by atoms with Crippen molar-refractivity contribution in [2.75, 3.05) is 31.0 Å². The van der Waals surface area contributed by atoms with Crippen molar-refractivity contribution in [2.24, 2.45) is 0 Å². The van der Waals surface area contributed by atoms with Gasteiger partial charge in [0, 0.05) is 30.4 Å². The maximum absolute atomic E-state index is 12.4. The monoisotopic (exact) mass is 575 g/mol. The van der Waals surface area contributed by atoms with Crippen LogP contribution in [0.5, 0.6) is 5.75 Å². The van der Waals surface area contributed by atoms with Gasteiger partial charge in [0.1, 0.15) is 12.4 Å². The molecular formula is C30H30ClN5O3S. The van der Waals surface area contributed by atoms with Gasteiger partial charge < -0.3 is 29.6 Å². The van der Waals surface area contributed by atoms with Gasteiger partial charge in [-0.25, -0.2) is 0 Å². The first-order valence-electron chi connectivity index (χ1n) is 12.7. The van der Waals surface area contributed by atoms with Crippen LogP contribution in [0.4, 0.5) is 11.4 Å². The van der Waals surface area contributed by atoms with Gasteiger partial charge in [-0.05, 0) is 80.2 Å². The molecule has 0 spiro atoms. The van der Waals surface area contributed by atoms with Gasteiger partial charge in [0.25, 0.3) is 0 Å². The number of halogens is 1. The Hall–Kier alpha value is -3.92. The predicted octanol–water partition coefficient (Wildman–Crippen LogP) is 5.91. The number of ether oxygens (including phenoxy) is 2. The Morgan fingerprint density at radius 3 is 2.58 bits per heavy atom. The summed E-state index contributed by atoms with van der Waals surface area (Å²) < 4.78 is 12.7. The van der Waals surface area contributed by atoms with Crippen molar-refractivity contribution >= 4 is 46.2 Å². The minimum absolute atomic E-state index is 0.0739. The smallest absolute Gasteiger partial charge is 0.250 e. The predicted molar refractivity (Wildman–Crippen MR) is 162 cm³/mol. The van der Waals surface area contributed by atoms with Crippen LogP contribution in [0.2, 0.25) is 5.02 Å². The van der Waals surface area contributed by atoms with E-state index in [4.69, 9.17) is 33.3 Å². The lowest BCUT2D eigenvalue weighted by atomic mass is 9.96. The summed E-state index contributed by atoms with van der Waals surface area (Å²) in [5, 5.41) is 7.60. The van der Waals surface area contributed by atoms with E-state index in [2.05, 4.69) is 45.0 Å². The van der Waals surface area contributed by atoms with E-state index in [9.17, 15) is 4.79 Å². The summed E-state index contributed by atoms with van der Waals surface area (Å²) in [4.78, 5) is 19.1. The number of nitrogens with zero attached hydrogens (tertiary/aromatic N) is 3. The number of amides is 1. The molecule has 0 radical (unpaired) electrons. The molecule has 8 nitrogen and oxygen atoms in total.